The number of benzene rings is 1. The standard InChI is InChI=1S/C16H23FN4O3S/c17-13-2-4-14(5-3-13)24-12-15(22)19-20-16(25)18-6-1-7-21-8-10-23-11-9-21/h2-5H,1,6-12H2,(H,19,22)(H2,18,20,25). The van der Waals surface area contributed by atoms with Crippen molar-refractivity contribution in [1.82, 2.24) is 21.1 Å². The monoisotopic (exact) mass is 370 g/mol. The molecule has 0 radical (unpaired) electrons. The second kappa shape index (κ2) is 10.8. The van der Waals surface area contributed by atoms with E-state index in [4.69, 9.17) is 21.7 Å². The lowest BCUT2D eigenvalue weighted by Gasteiger charge is -2.26. The van der Waals surface area contributed by atoms with Crippen LogP contribution < -0.4 is 20.9 Å². The van der Waals surface area contributed by atoms with Crippen molar-refractivity contribution in [3.8, 4) is 5.75 Å². The van der Waals surface area contributed by atoms with Crippen molar-refractivity contribution in [3.05, 3.63) is 30.1 Å². The third kappa shape index (κ3) is 8.10. The van der Waals surface area contributed by atoms with Gasteiger partial charge < -0.3 is 14.8 Å². The normalized spacial score (nSPS) is 14.6. The molecule has 1 saturated heterocycles. The molecule has 3 N–H and O–H groups in total. The van der Waals surface area contributed by atoms with Gasteiger partial charge in [-0.1, -0.05) is 0 Å². The Kier molecular flexibility index (Phi) is 8.36. The Morgan fingerprint density at radius 1 is 1.24 bits per heavy atom. The van der Waals surface area contributed by atoms with Crippen LogP contribution in [-0.4, -0.2) is 61.9 Å². The average Bonchev–Trinajstić information content (AvgIpc) is 2.64. The zero-order valence-electron chi connectivity index (χ0n) is 13.9. The largest absolute Gasteiger partial charge is 0.484 e. The Labute approximate surface area is 151 Å². The van der Waals surface area contributed by atoms with E-state index in [0.29, 0.717) is 17.4 Å². The number of carbonyl (C=O) groups is 1. The molecule has 25 heavy (non-hydrogen) atoms. The van der Waals surface area contributed by atoms with E-state index in [1.54, 1.807) is 0 Å². The molecular weight excluding hydrogens is 347 g/mol. The minimum Gasteiger partial charge on any atom is -0.484 e. The van der Waals surface area contributed by atoms with E-state index in [1.165, 1.54) is 24.3 Å². The summed E-state index contributed by atoms with van der Waals surface area (Å²) < 4.78 is 23.3. The topological polar surface area (TPSA) is 74.9 Å². The molecule has 0 atom stereocenters. The minimum atomic E-state index is -0.387. The minimum absolute atomic E-state index is 0.196. The van der Waals surface area contributed by atoms with Crippen LogP contribution in [0.25, 0.3) is 0 Å². The van der Waals surface area contributed by atoms with Gasteiger partial charge in [0.15, 0.2) is 11.7 Å². The van der Waals surface area contributed by atoms with E-state index in [2.05, 4.69) is 21.1 Å². The molecule has 1 amide bonds. The first-order chi connectivity index (χ1) is 12.1. The molecule has 9 heteroatoms. The van der Waals surface area contributed by atoms with Crippen LogP contribution in [0.2, 0.25) is 0 Å². The Morgan fingerprint density at radius 2 is 1.96 bits per heavy atom. The fourth-order valence-corrected chi connectivity index (χ4v) is 2.37. The summed E-state index contributed by atoms with van der Waals surface area (Å²) in [6.45, 7) is 5.01. The van der Waals surface area contributed by atoms with Gasteiger partial charge in [-0.15, -0.1) is 0 Å². The van der Waals surface area contributed by atoms with Crippen molar-refractivity contribution in [1.29, 1.82) is 0 Å². The number of hydrogen-bond acceptors (Lipinski definition) is 5. The first-order valence-corrected chi connectivity index (χ1v) is 8.55. The van der Waals surface area contributed by atoms with Gasteiger partial charge >= 0.3 is 0 Å². The first kappa shape index (κ1) is 19.4. The highest BCUT2D eigenvalue weighted by Crippen LogP contribution is 2.10. The number of nitrogens with zero attached hydrogens (tertiary/aromatic N) is 1. The molecule has 0 unspecified atom stereocenters. The van der Waals surface area contributed by atoms with E-state index in [-0.39, 0.29) is 18.3 Å². The van der Waals surface area contributed by atoms with Gasteiger partial charge in [0.25, 0.3) is 5.91 Å². The summed E-state index contributed by atoms with van der Waals surface area (Å²) in [5.41, 5.74) is 5.05. The Hall–Kier alpha value is -1.97. The van der Waals surface area contributed by atoms with Gasteiger partial charge in [0.2, 0.25) is 0 Å². The Morgan fingerprint density at radius 3 is 2.68 bits per heavy atom. The number of morpholine rings is 1. The molecule has 0 bridgehead atoms. The van der Waals surface area contributed by atoms with Crippen LogP contribution in [0.4, 0.5) is 4.39 Å². The van der Waals surface area contributed by atoms with E-state index in [1.807, 2.05) is 0 Å². The SMILES string of the molecule is O=C(COc1ccc(F)cc1)NNC(=S)NCCCN1CCOCC1. The van der Waals surface area contributed by atoms with E-state index in [0.717, 1.165) is 39.3 Å². The summed E-state index contributed by atoms with van der Waals surface area (Å²) in [6.07, 6.45) is 0.948. The second-order valence-electron chi connectivity index (χ2n) is 5.48. The van der Waals surface area contributed by atoms with Crippen LogP contribution in [0.15, 0.2) is 24.3 Å². The maximum absolute atomic E-state index is 12.8. The summed E-state index contributed by atoms with van der Waals surface area (Å²) in [4.78, 5) is 14.0. The quantitative estimate of drug-likeness (QED) is 0.365. The number of ether oxygens (including phenoxy) is 2. The molecule has 1 aliphatic rings. The molecule has 138 valence electrons. The van der Waals surface area contributed by atoms with Crippen molar-refractivity contribution in [2.24, 2.45) is 0 Å². The van der Waals surface area contributed by atoms with E-state index >= 15 is 0 Å². The number of hydrazine groups is 1. The van der Waals surface area contributed by atoms with Gasteiger partial charge in [-0.25, -0.2) is 4.39 Å². The van der Waals surface area contributed by atoms with Crippen molar-refractivity contribution < 1.29 is 18.7 Å². The van der Waals surface area contributed by atoms with Gasteiger partial charge in [-0.3, -0.25) is 20.5 Å². The van der Waals surface area contributed by atoms with Crippen LogP contribution in [0.1, 0.15) is 6.42 Å². The summed E-state index contributed by atoms with van der Waals surface area (Å²) in [5, 5.41) is 3.37. The van der Waals surface area contributed by atoms with Crippen molar-refractivity contribution in [3.63, 3.8) is 0 Å². The molecule has 0 saturated carbocycles. The van der Waals surface area contributed by atoms with Gasteiger partial charge in [0.05, 0.1) is 13.2 Å². The fourth-order valence-electron chi connectivity index (χ4n) is 2.22. The van der Waals surface area contributed by atoms with Crippen molar-refractivity contribution >= 4 is 23.2 Å². The molecule has 1 heterocycles. The molecule has 0 aliphatic carbocycles. The zero-order valence-corrected chi connectivity index (χ0v) is 14.7. The molecule has 7 nitrogen and oxygen atoms in total. The number of thiocarbonyl (C=S) groups is 1. The van der Waals surface area contributed by atoms with Gasteiger partial charge in [0, 0.05) is 19.6 Å². The number of hydrogen-bond donors (Lipinski definition) is 3. The lowest BCUT2D eigenvalue weighted by Crippen LogP contribution is -2.48. The molecule has 0 spiro atoms. The molecule has 2 rings (SSSR count). The number of halogens is 1. The molecule has 1 fully saturated rings. The molecule has 1 aromatic rings. The predicted molar refractivity (Wildman–Crippen MR) is 95.7 cm³/mol. The molecule has 0 aromatic heterocycles. The summed E-state index contributed by atoms with van der Waals surface area (Å²) in [7, 11) is 0. The van der Waals surface area contributed by atoms with Crippen molar-refractivity contribution in [2.45, 2.75) is 6.42 Å². The predicted octanol–water partition coefficient (Wildman–Crippen LogP) is 0.422. The van der Waals surface area contributed by atoms with E-state index < -0.39 is 0 Å². The zero-order chi connectivity index (χ0) is 17.9. The number of rotatable bonds is 7. The molecule has 1 aliphatic heterocycles. The van der Waals surface area contributed by atoms with Crippen LogP contribution in [0, 0.1) is 5.82 Å². The Bertz CT molecular complexity index is 553. The van der Waals surface area contributed by atoms with Crippen LogP contribution >= 0.6 is 12.2 Å². The van der Waals surface area contributed by atoms with Crippen LogP contribution in [0.3, 0.4) is 0 Å². The van der Waals surface area contributed by atoms with Gasteiger partial charge in [-0.2, -0.15) is 0 Å². The lowest BCUT2D eigenvalue weighted by atomic mass is 10.3. The third-order valence-electron chi connectivity index (χ3n) is 3.54. The fraction of sp³-hybridized carbons (Fsp3) is 0.500. The number of nitrogens with one attached hydrogen (secondary N) is 3. The third-order valence-corrected chi connectivity index (χ3v) is 3.79. The average molecular weight is 370 g/mol. The van der Waals surface area contributed by atoms with E-state index in [9.17, 15) is 9.18 Å². The summed E-state index contributed by atoms with van der Waals surface area (Å²) in [5.74, 6) is -0.328. The van der Waals surface area contributed by atoms with Gasteiger partial charge in [-0.05, 0) is 49.4 Å². The smallest absolute Gasteiger partial charge is 0.276 e. The lowest BCUT2D eigenvalue weighted by molar-refractivity contribution is -0.123. The Balaban J connectivity index is 1.50. The number of carbonyl (C=O) groups excluding carboxylic acids is 1. The van der Waals surface area contributed by atoms with Crippen LogP contribution in [0.5, 0.6) is 5.75 Å². The van der Waals surface area contributed by atoms with Gasteiger partial charge in [0.1, 0.15) is 11.6 Å². The number of amides is 1. The summed E-state index contributed by atoms with van der Waals surface area (Å²) >= 11 is 5.08. The summed E-state index contributed by atoms with van der Waals surface area (Å²) in [6, 6.07) is 5.44. The maximum Gasteiger partial charge on any atom is 0.276 e. The highest BCUT2D eigenvalue weighted by atomic mass is 32.1. The highest BCUT2D eigenvalue weighted by Gasteiger charge is 2.09. The highest BCUT2D eigenvalue weighted by molar-refractivity contribution is 7.80. The van der Waals surface area contributed by atoms with Crippen LogP contribution in [-0.2, 0) is 9.53 Å². The van der Waals surface area contributed by atoms with Crippen molar-refractivity contribution in [2.75, 3.05) is 46.0 Å². The molecular formula is C16H23FN4O3S. The maximum atomic E-state index is 12.8. The first-order valence-electron chi connectivity index (χ1n) is 8.14. The second-order valence-corrected chi connectivity index (χ2v) is 5.89. The molecule has 1 aromatic carbocycles.